The third kappa shape index (κ3) is 4.03. The Morgan fingerprint density at radius 1 is 1.23 bits per heavy atom. The normalized spacial score (nSPS) is 33.7. The number of hydrogen-bond donors (Lipinski definition) is 7. The van der Waals surface area contributed by atoms with Gasteiger partial charge in [-0.05, 0) is 49.8 Å². The first-order chi connectivity index (χ1) is 15.0. The number of aromatic amines is 1. The minimum atomic E-state index is -0.341. The van der Waals surface area contributed by atoms with Crippen molar-refractivity contribution in [3.05, 3.63) is 29.7 Å². The number of hydrazine groups is 1. The van der Waals surface area contributed by atoms with Gasteiger partial charge in [0.15, 0.2) is 0 Å². The van der Waals surface area contributed by atoms with E-state index >= 15 is 0 Å². The van der Waals surface area contributed by atoms with Crippen LogP contribution in [0.5, 0.6) is 0 Å². The molecule has 8 nitrogen and oxygen atoms in total. The number of nitrogens with one attached hydrogen (secondary N) is 6. The number of anilines is 1. The minimum Gasteiger partial charge on any atom is -0.367 e. The highest BCUT2D eigenvalue weighted by atomic mass is 19.1. The molecule has 0 radical (unpaired) electrons. The number of fused-ring (bicyclic) bond motifs is 2. The van der Waals surface area contributed by atoms with Crippen molar-refractivity contribution in [3.63, 3.8) is 0 Å². The first kappa shape index (κ1) is 20.7. The molecule has 3 fully saturated rings. The molecule has 1 aliphatic carbocycles. The van der Waals surface area contributed by atoms with E-state index in [0.717, 1.165) is 35.7 Å². The summed E-state index contributed by atoms with van der Waals surface area (Å²) in [6.45, 7) is 2.65. The number of benzene rings is 1. The molecule has 4 unspecified atom stereocenters. The Hall–Kier alpha value is -2.20. The van der Waals surface area contributed by atoms with Gasteiger partial charge in [-0.1, -0.05) is 12.8 Å². The molecular weight excluding hydrogens is 397 g/mol. The third-order valence-corrected chi connectivity index (χ3v) is 7.17. The van der Waals surface area contributed by atoms with Gasteiger partial charge in [0.1, 0.15) is 5.82 Å². The molecule has 6 atom stereocenters. The minimum absolute atomic E-state index is 0.0232. The molecule has 1 aromatic carbocycles. The van der Waals surface area contributed by atoms with Crippen molar-refractivity contribution in [2.75, 3.05) is 11.9 Å². The van der Waals surface area contributed by atoms with Crippen molar-refractivity contribution >= 4 is 22.5 Å². The van der Waals surface area contributed by atoms with Gasteiger partial charge in [0.2, 0.25) is 5.91 Å². The predicted molar refractivity (Wildman–Crippen MR) is 118 cm³/mol. The quantitative estimate of drug-likeness (QED) is 0.395. The Morgan fingerprint density at radius 2 is 2.06 bits per heavy atom. The van der Waals surface area contributed by atoms with Crippen LogP contribution in [0.1, 0.15) is 37.7 Å². The number of carbonyl (C=O) groups is 1. The fourth-order valence-electron chi connectivity index (χ4n) is 5.52. The SMILES string of the molecule is Cc1c[nH]c2c(NC3NC(N[C@@H]4CCCC[C@@H]4N)CC4CNNC(=O)C43)cc(F)cc12. The van der Waals surface area contributed by atoms with E-state index in [2.05, 4.69) is 31.8 Å². The van der Waals surface area contributed by atoms with Crippen molar-refractivity contribution in [1.29, 1.82) is 0 Å². The number of H-pyrrole nitrogens is 1. The summed E-state index contributed by atoms with van der Waals surface area (Å²) in [5.74, 6) is -0.472. The molecule has 9 heteroatoms. The average Bonchev–Trinajstić information content (AvgIpc) is 3.10. The molecule has 2 aromatic rings. The maximum atomic E-state index is 14.4. The van der Waals surface area contributed by atoms with E-state index < -0.39 is 0 Å². The molecule has 0 spiro atoms. The topological polar surface area (TPSA) is 119 Å². The van der Waals surface area contributed by atoms with E-state index in [-0.39, 0.29) is 48.0 Å². The van der Waals surface area contributed by atoms with E-state index in [9.17, 15) is 9.18 Å². The highest BCUT2D eigenvalue weighted by Crippen LogP contribution is 2.32. The number of piperidine rings is 1. The molecule has 2 aliphatic heterocycles. The lowest BCUT2D eigenvalue weighted by Crippen LogP contribution is -2.69. The Morgan fingerprint density at radius 3 is 2.90 bits per heavy atom. The van der Waals surface area contributed by atoms with Gasteiger partial charge in [0, 0.05) is 30.2 Å². The van der Waals surface area contributed by atoms with Gasteiger partial charge in [-0.25, -0.2) is 9.82 Å². The maximum Gasteiger partial charge on any atom is 0.240 e. The van der Waals surface area contributed by atoms with E-state index in [1.165, 1.54) is 25.0 Å². The molecule has 8 N–H and O–H groups in total. The second-order valence-electron chi connectivity index (χ2n) is 9.30. The van der Waals surface area contributed by atoms with Crippen LogP contribution in [0.3, 0.4) is 0 Å². The van der Waals surface area contributed by atoms with Crippen molar-refractivity contribution in [2.24, 2.45) is 17.6 Å². The largest absolute Gasteiger partial charge is 0.367 e. The van der Waals surface area contributed by atoms with Gasteiger partial charge < -0.3 is 16.0 Å². The molecular formula is C22H32FN7O. The van der Waals surface area contributed by atoms with Crippen molar-refractivity contribution < 1.29 is 9.18 Å². The fourth-order valence-corrected chi connectivity index (χ4v) is 5.52. The van der Waals surface area contributed by atoms with Gasteiger partial charge >= 0.3 is 0 Å². The van der Waals surface area contributed by atoms with E-state index in [1.54, 1.807) is 0 Å². The van der Waals surface area contributed by atoms with Gasteiger partial charge in [-0.2, -0.15) is 0 Å². The third-order valence-electron chi connectivity index (χ3n) is 7.17. The van der Waals surface area contributed by atoms with E-state index in [0.29, 0.717) is 12.2 Å². The van der Waals surface area contributed by atoms with Crippen molar-refractivity contribution in [2.45, 2.75) is 63.4 Å². The zero-order valence-corrected chi connectivity index (χ0v) is 17.8. The number of amides is 1. The van der Waals surface area contributed by atoms with Crippen LogP contribution >= 0.6 is 0 Å². The standard InChI is InChI=1S/C22H32FN7O/c1-11-9-25-20-14(11)7-13(23)8-17(20)28-21-19-12(10-26-30-22(19)31)6-18(29-21)27-16-5-3-2-4-15(16)24/h7-9,12,15-16,18-19,21,25-29H,2-6,10,24H2,1H3,(H,30,31)/t12?,15-,16+,18?,19?,21?/m0/s1. The summed E-state index contributed by atoms with van der Waals surface area (Å²) in [5, 5.41) is 11.6. The summed E-state index contributed by atoms with van der Waals surface area (Å²) in [7, 11) is 0. The first-order valence-corrected chi connectivity index (χ1v) is 11.3. The number of rotatable bonds is 4. The Labute approximate surface area is 181 Å². The van der Waals surface area contributed by atoms with Crippen LogP contribution in [0, 0.1) is 24.6 Å². The molecule has 1 saturated carbocycles. The summed E-state index contributed by atoms with van der Waals surface area (Å²) in [6, 6.07) is 3.44. The Balaban J connectivity index is 1.41. The molecule has 1 aromatic heterocycles. The smallest absolute Gasteiger partial charge is 0.240 e. The van der Waals surface area contributed by atoms with Gasteiger partial charge in [-0.15, -0.1) is 0 Å². The number of halogens is 1. The first-order valence-electron chi connectivity index (χ1n) is 11.3. The highest BCUT2D eigenvalue weighted by Gasteiger charge is 2.44. The number of hydrogen-bond acceptors (Lipinski definition) is 6. The van der Waals surface area contributed by atoms with Gasteiger partial charge in [0.05, 0.1) is 29.5 Å². The molecule has 168 valence electrons. The maximum absolute atomic E-state index is 14.4. The molecule has 3 heterocycles. The van der Waals surface area contributed by atoms with Crippen LogP contribution in [0.4, 0.5) is 10.1 Å². The Bertz CT molecular complexity index is 963. The predicted octanol–water partition coefficient (Wildman–Crippen LogP) is 1.40. The molecule has 31 heavy (non-hydrogen) atoms. The summed E-state index contributed by atoms with van der Waals surface area (Å²) < 4.78 is 14.4. The lowest BCUT2D eigenvalue weighted by Gasteiger charge is -2.46. The number of aromatic nitrogens is 1. The zero-order chi connectivity index (χ0) is 21.5. The number of nitrogens with two attached hydrogens (primary N) is 1. The van der Waals surface area contributed by atoms with Crippen LogP contribution < -0.4 is 32.5 Å². The summed E-state index contributed by atoms with van der Waals surface area (Å²) in [6.07, 6.45) is 6.85. The van der Waals surface area contributed by atoms with E-state index in [1.807, 2.05) is 13.1 Å². The lowest BCUT2D eigenvalue weighted by atomic mass is 9.80. The van der Waals surface area contributed by atoms with Gasteiger partial charge in [-0.3, -0.25) is 20.9 Å². The zero-order valence-electron chi connectivity index (χ0n) is 17.8. The van der Waals surface area contributed by atoms with Crippen molar-refractivity contribution in [1.82, 2.24) is 26.5 Å². The van der Waals surface area contributed by atoms with Crippen LogP contribution in [0.15, 0.2) is 18.3 Å². The molecule has 0 bridgehead atoms. The fraction of sp³-hybridized carbons (Fsp3) is 0.591. The lowest BCUT2D eigenvalue weighted by molar-refractivity contribution is -0.133. The molecule has 1 amide bonds. The monoisotopic (exact) mass is 429 g/mol. The summed E-state index contributed by atoms with van der Waals surface area (Å²) in [5.41, 5.74) is 14.6. The second kappa shape index (κ2) is 8.38. The van der Waals surface area contributed by atoms with E-state index in [4.69, 9.17) is 5.73 Å². The summed E-state index contributed by atoms with van der Waals surface area (Å²) in [4.78, 5) is 16.0. The molecule has 2 saturated heterocycles. The molecule has 3 aliphatic rings. The number of aryl methyl sites for hydroxylation is 1. The van der Waals surface area contributed by atoms with Crippen LogP contribution in [-0.4, -0.2) is 41.9 Å². The molecule has 5 rings (SSSR count). The van der Waals surface area contributed by atoms with Crippen LogP contribution in [-0.2, 0) is 4.79 Å². The Kier molecular flexibility index (Phi) is 5.60. The van der Waals surface area contributed by atoms with Crippen LogP contribution in [0.2, 0.25) is 0 Å². The highest BCUT2D eigenvalue weighted by molar-refractivity contribution is 5.93. The average molecular weight is 430 g/mol. The van der Waals surface area contributed by atoms with Gasteiger partial charge in [0.25, 0.3) is 0 Å². The number of carbonyl (C=O) groups excluding carboxylic acids is 1. The van der Waals surface area contributed by atoms with Crippen LogP contribution in [0.25, 0.3) is 10.9 Å². The second-order valence-corrected chi connectivity index (χ2v) is 9.30. The van der Waals surface area contributed by atoms with Crippen molar-refractivity contribution in [3.8, 4) is 0 Å². The summed E-state index contributed by atoms with van der Waals surface area (Å²) >= 11 is 0.